The summed E-state index contributed by atoms with van der Waals surface area (Å²) in [4.78, 5) is 0. The summed E-state index contributed by atoms with van der Waals surface area (Å²) in [5, 5.41) is 9.02. The zero-order valence-electron chi connectivity index (χ0n) is 8.64. The standard InChI is InChI=1S/C7H16O5S.Na/c1-2-3-4-12-5-7(8)6-13(9,10)11;/h7-8H,2-6H2,1H3,(H,9,10,11);. The molecule has 0 heterocycles. The monoisotopic (exact) mass is 235 g/mol. The number of aliphatic hydroxyl groups excluding tert-OH is 1. The first-order valence-electron chi connectivity index (χ1n) is 4.16. The first kappa shape index (κ1) is 17.2. The summed E-state index contributed by atoms with van der Waals surface area (Å²) < 4.78 is 33.8. The Morgan fingerprint density at radius 2 is 2.00 bits per heavy atom. The maximum atomic E-state index is 10.3. The Labute approximate surface area is 107 Å². The van der Waals surface area contributed by atoms with E-state index in [9.17, 15) is 8.42 Å². The summed E-state index contributed by atoms with van der Waals surface area (Å²) >= 11 is 0. The predicted octanol–water partition coefficient (Wildman–Crippen LogP) is -0.329. The largest absolute Gasteiger partial charge is 0.390 e. The molecule has 5 nitrogen and oxygen atoms in total. The van der Waals surface area contributed by atoms with E-state index in [2.05, 4.69) is 0 Å². The summed E-state index contributed by atoms with van der Waals surface area (Å²) in [6, 6.07) is 0. The van der Waals surface area contributed by atoms with Crippen LogP contribution in [0.2, 0.25) is 0 Å². The predicted molar refractivity (Wildman–Crippen MR) is 53.9 cm³/mol. The zero-order valence-corrected chi connectivity index (χ0v) is 11.5. The summed E-state index contributed by atoms with van der Waals surface area (Å²) in [5.74, 6) is -0.668. The number of hydrogen-bond donors (Lipinski definition) is 2. The van der Waals surface area contributed by atoms with Gasteiger partial charge in [-0.25, -0.2) is 0 Å². The number of aliphatic hydroxyl groups is 1. The van der Waals surface area contributed by atoms with Gasteiger partial charge in [-0.3, -0.25) is 4.55 Å². The minimum absolute atomic E-state index is 0. The molecule has 81 valence electrons. The van der Waals surface area contributed by atoms with Crippen LogP contribution >= 0.6 is 0 Å². The van der Waals surface area contributed by atoms with Gasteiger partial charge in [-0.15, -0.1) is 0 Å². The molecule has 1 unspecified atom stereocenters. The van der Waals surface area contributed by atoms with Crippen LogP contribution in [-0.2, 0) is 14.9 Å². The van der Waals surface area contributed by atoms with Gasteiger partial charge in [0.2, 0.25) is 0 Å². The number of unbranched alkanes of at least 4 members (excludes halogenated alkanes) is 1. The van der Waals surface area contributed by atoms with Crippen LogP contribution in [0.15, 0.2) is 0 Å². The number of rotatable bonds is 7. The molecule has 1 atom stereocenters. The van der Waals surface area contributed by atoms with Gasteiger partial charge in [0.1, 0.15) is 5.75 Å². The van der Waals surface area contributed by atoms with Crippen molar-refractivity contribution in [1.82, 2.24) is 0 Å². The van der Waals surface area contributed by atoms with Gasteiger partial charge in [-0.2, -0.15) is 8.42 Å². The van der Waals surface area contributed by atoms with E-state index in [1.165, 1.54) is 0 Å². The van der Waals surface area contributed by atoms with Crippen molar-refractivity contribution in [3.05, 3.63) is 0 Å². The fraction of sp³-hybridized carbons (Fsp3) is 1.00. The van der Waals surface area contributed by atoms with Gasteiger partial charge in [0.15, 0.2) is 0 Å². The van der Waals surface area contributed by atoms with Crippen LogP contribution in [0.3, 0.4) is 0 Å². The van der Waals surface area contributed by atoms with Crippen molar-refractivity contribution < 1.29 is 22.8 Å². The van der Waals surface area contributed by atoms with Gasteiger partial charge in [0, 0.05) is 36.2 Å². The minimum atomic E-state index is -4.10. The fourth-order valence-corrected chi connectivity index (χ4v) is 1.34. The molecular formula is C7H16NaO5S. The second kappa shape index (κ2) is 9.08. The Balaban J connectivity index is 0. The Hall–Kier alpha value is 0.830. The molecule has 0 aliphatic carbocycles. The van der Waals surface area contributed by atoms with E-state index < -0.39 is 22.0 Å². The third kappa shape index (κ3) is 12.8. The molecular weight excluding hydrogens is 219 g/mol. The third-order valence-electron chi connectivity index (χ3n) is 1.36. The van der Waals surface area contributed by atoms with Crippen LogP contribution < -0.4 is 0 Å². The maximum Gasteiger partial charge on any atom is 0.267 e. The molecule has 0 bridgehead atoms. The zero-order chi connectivity index (χ0) is 10.3. The average Bonchev–Trinajstić information content (AvgIpc) is 1.94. The van der Waals surface area contributed by atoms with E-state index in [1.807, 2.05) is 6.92 Å². The maximum absolute atomic E-state index is 10.3. The van der Waals surface area contributed by atoms with Crippen LogP contribution in [0.25, 0.3) is 0 Å². The van der Waals surface area contributed by atoms with Gasteiger partial charge < -0.3 is 9.84 Å². The van der Waals surface area contributed by atoms with Gasteiger partial charge >= 0.3 is 0 Å². The quantitative estimate of drug-likeness (QED) is 0.358. The topological polar surface area (TPSA) is 83.8 Å². The molecule has 0 aliphatic heterocycles. The van der Waals surface area contributed by atoms with Crippen LogP contribution in [0.4, 0.5) is 0 Å². The average molecular weight is 235 g/mol. The van der Waals surface area contributed by atoms with E-state index in [-0.39, 0.29) is 36.2 Å². The van der Waals surface area contributed by atoms with E-state index in [4.69, 9.17) is 14.4 Å². The number of hydrogen-bond acceptors (Lipinski definition) is 4. The SMILES string of the molecule is CCCCOCC(O)CS(=O)(=O)O.[Na]. The van der Waals surface area contributed by atoms with E-state index in [0.717, 1.165) is 12.8 Å². The Bertz CT molecular complexity index is 216. The van der Waals surface area contributed by atoms with Gasteiger partial charge in [0.05, 0.1) is 12.7 Å². The van der Waals surface area contributed by atoms with Crippen LogP contribution in [0.5, 0.6) is 0 Å². The van der Waals surface area contributed by atoms with E-state index in [0.29, 0.717) is 6.61 Å². The van der Waals surface area contributed by atoms with Crippen molar-refractivity contribution >= 4 is 39.7 Å². The van der Waals surface area contributed by atoms with Crippen molar-refractivity contribution in [3.8, 4) is 0 Å². The molecule has 0 saturated heterocycles. The van der Waals surface area contributed by atoms with Crippen LogP contribution in [0.1, 0.15) is 19.8 Å². The summed E-state index contributed by atoms with van der Waals surface area (Å²) in [7, 11) is -4.10. The first-order valence-corrected chi connectivity index (χ1v) is 5.77. The smallest absolute Gasteiger partial charge is 0.267 e. The summed E-state index contributed by atoms with van der Waals surface area (Å²) in [6.07, 6.45) is 0.708. The van der Waals surface area contributed by atoms with Gasteiger partial charge in [0.25, 0.3) is 10.1 Å². The van der Waals surface area contributed by atoms with E-state index >= 15 is 0 Å². The fourth-order valence-electron chi connectivity index (χ4n) is 0.757. The van der Waals surface area contributed by atoms with Crippen molar-refractivity contribution in [2.24, 2.45) is 0 Å². The van der Waals surface area contributed by atoms with Gasteiger partial charge in [-0.05, 0) is 6.42 Å². The molecule has 0 aromatic heterocycles. The molecule has 0 aromatic rings. The van der Waals surface area contributed by atoms with Crippen molar-refractivity contribution in [2.45, 2.75) is 25.9 Å². The molecule has 0 saturated carbocycles. The third-order valence-corrected chi connectivity index (χ3v) is 2.16. The van der Waals surface area contributed by atoms with Crippen LogP contribution in [0, 0.1) is 0 Å². The normalized spacial score (nSPS) is 13.4. The Kier molecular flexibility index (Phi) is 11.2. The van der Waals surface area contributed by atoms with Crippen molar-refractivity contribution in [2.75, 3.05) is 19.0 Å². The molecule has 0 rings (SSSR count). The summed E-state index contributed by atoms with van der Waals surface area (Å²) in [6.45, 7) is 2.44. The van der Waals surface area contributed by atoms with Gasteiger partial charge in [-0.1, -0.05) is 13.3 Å². The molecule has 2 N–H and O–H groups in total. The molecule has 0 spiro atoms. The van der Waals surface area contributed by atoms with E-state index in [1.54, 1.807) is 0 Å². The second-order valence-electron chi connectivity index (χ2n) is 2.83. The molecule has 7 heteroatoms. The molecule has 0 amide bonds. The van der Waals surface area contributed by atoms with Crippen molar-refractivity contribution in [3.63, 3.8) is 0 Å². The Morgan fingerprint density at radius 3 is 2.43 bits per heavy atom. The van der Waals surface area contributed by atoms with Crippen molar-refractivity contribution in [1.29, 1.82) is 0 Å². The number of ether oxygens (including phenoxy) is 1. The molecule has 0 fully saturated rings. The molecule has 14 heavy (non-hydrogen) atoms. The Morgan fingerprint density at radius 1 is 1.43 bits per heavy atom. The summed E-state index contributed by atoms with van der Waals surface area (Å²) in [5.41, 5.74) is 0. The van der Waals surface area contributed by atoms with Crippen LogP contribution in [-0.4, -0.2) is 72.7 Å². The minimum Gasteiger partial charge on any atom is -0.390 e. The molecule has 1 radical (unpaired) electrons. The molecule has 0 aromatic carbocycles. The molecule has 0 aliphatic rings. The second-order valence-corrected chi connectivity index (χ2v) is 4.33. The first-order chi connectivity index (χ1) is 5.95.